The Balaban J connectivity index is 1.17. The van der Waals surface area contributed by atoms with Crippen LogP contribution in [0.5, 0.6) is 5.88 Å². The molecule has 1 aromatic carbocycles. The van der Waals surface area contributed by atoms with Gasteiger partial charge in [-0.05, 0) is 49.6 Å². The molecule has 0 aliphatic carbocycles. The van der Waals surface area contributed by atoms with Gasteiger partial charge in [0.05, 0.1) is 22.3 Å². The predicted molar refractivity (Wildman–Crippen MR) is 130 cm³/mol. The summed E-state index contributed by atoms with van der Waals surface area (Å²) in [6.07, 6.45) is 2.71. The summed E-state index contributed by atoms with van der Waals surface area (Å²) >= 11 is 12.5. The van der Waals surface area contributed by atoms with Gasteiger partial charge in [0.1, 0.15) is 5.82 Å². The van der Waals surface area contributed by atoms with Crippen molar-refractivity contribution in [2.45, 2.75) is 33.1 Å². The molecule has 2 aliphatic rings. The van der Waals surface area contributed by atoms with Crippen LogP contribution in [0.3, 0.4) is 0 Å². The van der Waals surface area contributed by atoms with E-state index in [0.717, 1.165) is 56.8 Å². The number of fused-ring (bicyclic) bond motifs is 1. The monoisotopic (exact) mass is 476 g/mol. The third kappa shape index (κ3) is 5.30. The zero-order chi connectivity index (χ0) is 22.7. The molecule has 1 aromatic heterocycles. The van der Waals surface area contributed by atoms with E-state index in [1.54, 1.807) is 0 Å². The van der Waals surface area contributed by atoms with Gasteiger partial charge in [-0.1, -0.05) is 43.1 Å². The van der Waals surface area contributed by atoms with Gasteiger partial charge < -0.3 is 15.0 Å². The SMILES string of the molecule is CC1(C)Cc2ccc(OCCCCN3CCN(c4cccc(Cl)c4Cl)CC3)nc2NC1=O. The van der Waals surface area contributed by atoms with Crippen molar-refractivity contribution in [1.82, 2.24) is 9.88 Å². The molecule has 2 aromatic rings. The Hall–Kier alpha value is -2.02. The number of halogens is 2. The molecular weight excluding hydrogens is 447 g/mol. The van der Waals surface area contributed by atoms with Crippen LogP contribution in [0.15, 0.2) is 30.3 Å². The number of piperazine rings is 1. The molecule has 0 saturated carbocycles. The number of hydrogen-bond acceptors (Lipinski definition) is 5. The minimum atomic E-state index is -0.400. The van der Waals surface area contributed by atoms with Crippen molar-refractivity contribution in [1.29, 1.82) is 0 Å². The third-order valence-electron chi connectivity index (χ3n) is 6.20. The summed E-state index contributed by atoms with van der Waals surface area (Å²) in [5, 5.41) is 4.14. The summed E-state index contributed by atoms with van der Waals surface area (Å²) in [5.41, 5.74) is 1.67. The smallest absolute Gasteiger partial charge is 0.231 e. The minimum absolute atomic E-state index is 0.00683. The number of benzene rings is 1. The van der Waals surface area contributed by atoms with Crippen LogP contribution < -0.4 is 15.0 Å². The van der Waals surface area contributed by atoms with Crippen molar-refractivity contribution >= 4 is 40.6 Å². The molecule has 1 fully saturated rings. The molecular formula is C24H30Cl2N4O2. The van der Waals surface area contributed by atoms with Crippen molar-refractivity contribution in [3.05, 3.63) is 45.9 Å². The molecule has 0 radical (unpaired) electrons. The third-order valence-corrected chi connectivity index (χ3v) is 7.00. The number of ether oxygens (including phenoxy) is 1. The quantitative estimate of drug-likeness (QED) is 0.576. The van der Waals surface area contributed by atoms with Crippen LogP contribution in [0.2, 0.25) is 10.0 Å². The van der Waals surface area contributed by atoms with Gasteiger partial charge in [-0.2, -0.15) is 4.98 Å². The summed E-state index contributed by atoms with van der Waals surface area (Å²) in [4.78, 5) is 21.4. The van der Waals surface area contributed by atoms with Gasteiger partial charge in [0.2, 0.25) is 11.8 Å². The summed E-state index contributed by atoms with van der Waals surface area (Å²) in [5.74, 6) is 1.20. The van der Waals surface area contributed by atoms with E-state index in [1.165, 1.54) is 0 Å². The summed E-state index contributed by atoms with van der Waals surface area (Å²) in [6.45, 7) is 9.45. The zero-order valence-corrected chi connectivity index (χ0v) is 20.2. The highest BCUT2D eigenvalue weighted by molar-refractivity contribution is 6.43. The Morgan fingerprint density at radius 3 is 2.66 bits per heavy atom. The highest BCUT2D eigenvalue weighted by Gasteiger charge is 2.34. The molecule has 0 bridgehead atoms. The Morgan fingerprint density at radius 2 is 1.88 bits per heavy atom. The highest BCUT2D eigenvalue weighted by Crippen LogP contribution is 2.34. The van der Waals surface area contributed by atoms with E-state index in [2.05, 4.69) is 20.1 Å². The van der Waals surface area contributed by atoms with Gasteiger partial charge in [0.15, 0.2) is 0 Å². The number of rotatable bonds is 7. The lowest BCUT2D eigenvalue weighted by Crippen LogP contribution is -2.46. The largest absolute Gasteiger partial charge is 0.478 e. The number of hydrogen-bond donors (Lipinski definition) is 1. The number of nitrogens with one attached hydrogen (secondary N) is 1. The molecule has 3 heterocycles. The molecule has 0 unspecified atom stereocenters. The first-order valence-electron chi connectivity index (χ1n) is 11.2. The molecule has 8 heteroatoms. The molecule has 1 amide bonds. The standard InChI is InChI=1S/C24H30Cl2N4O2/c1-24(2)16-17-8-9-20(27-22(17)28-23(24)31)32-15-4-3-10-29-11-13-30(14-12-29)19-7-5-6-18(25)21(19)26/h5-9H,3-4,10-16H2,1-2H3,(H,27,28,31). The van der Waals surface area contributed by atoms with E-state index < -0.39 is 5.41 Å². The average molecular weight is 477 g/mol. The molecule has 0 spiro atoms. The first-order valence-corrected chi connectivity index (χ1v) is 11.9. The van der Waals surface area contributed by atoms with Crippen LogP contribution in [0, 0.1) is 5.41 Å². The topological polar surface area (TPSA) is 57.7 Å². The number of anilines is 2. The number of nitrogens with zero attached hydrogens (tertiary/aromatic N) is 3. The Bertz CT molecular complexity index is 974. The van der Waals surface area contributed by atoms with E-state index in [9.17, 15) is 4.79 Å². The van der Waals surface area contributed by atoms with Crippen molar-refractivity contribution < 1.29 is 9.53 Å². The molecule has 1 N–H and O–H groups in total. The molecule has 1 saturated heterocycles. The average Bonchev–Trinajstić information content (AvgIpc) is 2.77. The second-order valence-corrected chi connectivity index (χ2v) is 9.91. The van der Waals surface area contributed by atoms with Crippen LogP contribution in [0.25, 0.3) is 0 Å². The lowest BCUT2D eigenvalue weighted by atomic mass is 9.82. The Kier molecular flexibility index (Phi) is 7.13. The Morgan fingerprint density at radius 1 is 1.09 bits per heavy atom. The normalized spacial score (nSPS) is 18.2. The molecule has 32 heavy (non-hydrogen) atoms. The van der Waals surface area contributed by atoms with Crippen LogP contribution in [-0.4, -0.2) is 55.1 Å². The fourth-order valence-electron chi connectivity index (χ4n) is 4.20. The second-order valence-electron chi connectivity index (χ2n) is 9.13. The van der Waals surface area contributed by atoms with Crippen LogP contribution in [0.4, 0.5) is 11.5 Å². The molecule has 0 atom stereocenters. The fraction of sp³-hybridized carbons (Fsp3) is 0.500. The second kappa shape index (κ2) is 9.86. The van der Waals surface area contributed by atoms with E-state index in [-0.39, 0.29) is 5.91 Å². The maximum atomic E-state index is 12.2. The number of unbranched alkanes of at least 4 members (excludes halogenated alkanes) is 1. The van der Waals surface area contributed by atoms with Crippen LogP contribution in [0.1, 0.15) is 32.3 Å². The van der Waals surface area contributed by atoms with Gasteiger partial charge in [-0.25, -0.2) is 0 Å². The van der Waals surface area contributed by atoms with E-state index in [4.69, 9.17) is 27.9 Å². The van der Waals surface area contributed by atoms with E-state index >= 15 is 0 Å². The highest BCUT2D eigenvalue weighted by atomic mass is 35.5. The van der Waals surface area contributed by atoms with E-state index in [1.807, 2.05) is 44.2 Å². The molecule has 4 rings (SSSR count). The van der Waals surface area contributed by atoms with Crippen molar-refractivity contribution in [3.63, 3.8) is 0 Å². The van der Waals surface area contributed by atoms with Crippen molar-refractivity contribution in [3.8, 4) is 5.88 Å². The zero-order valence-electron chi connectivity index (χ0n) is 18.7. The number of amides is 1. The molecule has 172 valence electrons. The fourth-order valence-corrected chi connectivity index (χ4v) is 4.61. The maximum Gasteiger partial charge on any atom is 0.231 e. The molecule has 6 nitrogen and oxygen atoms in total. The number of carbonyl (C=O) groups excluding carboxylic acids is 1. The lowest BCUT2D eigenvalue weighted by molar-refractivity contribution is -0.124. The van der Waals surface area contributed by atoms with E-state index in [0.29, 0.717) is 34.8 Å². The van der Waals surface area contributed by atoms with Gasteiger partial charge >= 0.3 is 0 Å². The molecule has 2 aliphatic heterocycles. The predicted octanol–water partition coefficient (Wildman–Crippen LogP) is 4.89. The summed E-state index contributed by atoms with van der Waals surface area (Å²) in [6, 6.07) is 9.70. The summed E-state index contributed by atoms with van der Waals surface area (Å²) in [7, 11) is 0. The van der Waals surface area contributed by atoms with Gasteiger partial charge in [0.25, 0.3) is 0 Å². The lowest BCUT2D eigenvalue weighted by Gasteiger charge is -2.36. The van der Waals surface area contributed by atoms with Gasteiger partial charge in [-0.15, -0.1) is 0 Å². The Labute approximate surface area is 199 Å². The number of carbonyl (C=O) groups is 1. The number of aromatic nitrogens is 1. The van der Waals surface area contributed by atoms with Crippen LogP contribution in [-0.2, 0) is 11.2 Å². The summed E-state index contributed by atoms with van der Waals surface area (Å²) < 4.78 is 5.83. The first kappa shape index (κ1) is 23.1. The van der Waals surface area contributed by atoms with Gasteiger partial charge in [0, 0.05) is 37.7 Å². The first-order chi connectivity index (χ1) is 15.3. The minimum Gasteiger partial charge on any atom is -0.478 e. The number of pyridine rings is 1. The van der Waals surface area contributed by atoms with Crippen LogP contribution >= 0.6 is 23.2 Å². The van der Waals surface area contributed by atoms with Crippen molar-refractivity contribution in [2.75, 3.05) is 49.5 Å². The van der Waals surface area contributed by atoms with Gasteiger partial charge in [-0.3, -0.25) is 9.69 Å². The maximum absolute atomic E-state index is 12.2. The van der Waals surface area contributed by atoms with Crippen molar-refractivity contribution in [2.24, 2.45) is 5.41 Å².